The maximum Gasteiger partial charge on any atom is 0.255 e. The number of morpholine rings is 1. The van der Waals surface area contributed by atoms with Crippen LogP contribution in [-0.2, 0) is 4.74 Å². The molecule has 2 aromatic carbocycles. The molecule has 0 radical (unpaired) electrons. The second kappa shape index (κ2) is 8.62. The predicted octanol–water partition coefficient (Wildman–Crippen LogP) is 4.71. The predicted molar refractivity (Wildman–Crippen MR) is 120 cm³/mol. The normalized spacial score (nSPS) is 17.4. The SMILES string of the molecule is O=C(Nc1ccc2nc(N3CCOCC3)sc2c1)c1ccc(OC2CCCC2)cc1. The Balaban J connectivity index is 1.25. The Morgan fingerprint density at radius 2 is 1.87 bits per heavy atom. The van der Waals surface area contributed by atoms with Gasteiger partial charge in [-0.3, -0.25) is 4.79 Å². The summed E-state index contributed by atoms with van der Waals surface area (Å²) >= 11 is 1.65. The number of nitrogens with one attached hydrogen (secondary N) is 1. The molecule has 1 amide bonds. The maximum atomic E-state index is 12.7. The van der Waals surface area contributed by atoms with Crippen molar-refractivity contribution in [1.82, 2.24) is 4.98 Å². The minimum absolute atomic E-state index is 0.125. The lowest BCUT2D eigenvalue weighted by molar-refractivity contribution is 0.102. The van der Waals surface area contributed by atoms with Crippen molar-refractivity contribution in [2.45, 2.75) is 31.8 Å². The number of amides is 1. The summed E-state index contributed by atoms with van der Waals surface area (Å²) in [7, 11) is 0. The van der Waals surface area contributed by atoms with E-state index in [0.29, 0.717) is 11.7 Å². The lowest BCUT2D eigenvalue weighted by Gasteiger charge is -2.25. The van der Waals surface area contributed by atoms with Crippen LogP contribution in [0.3, 0.4) is 0 Å². The first-order valence-corrected chi connectivity index (χ1v) is 11.4. The molecule has 0 atom stereocenters. The van der Waals surface area contributed by atoms with Crippen molar-refractivity contribution in [3.63, 3.8) is 0 Å². The van der Waals surface area contributed by atoms with Crippen molar-refractivity contribution in [3.8, 4) is 5.75 Å². The van der Waals surface area contributed by atoms with Crippen LogP contribution in [0.2, 0.25) is 0 Å². The number of carbonyl (C=O) groups excluding carboxylic acids is 1. The standard InChI is InChI=1S/C23H25N3O3S/c27-22(16-5-8-19(9-6-16)29-18-3-1-2-4-18)24-17-7-10-20-21(15-17)30-23(25-20)26-11-13-28-14-12-26/h5-10,15,18H,1-4,11-14H2,(H,24,27). The van der Waals surface area contributed by atoms with E-state index in [4.69, 9.17) is 14.5 Å². The van der Waals surface area contributed by atoms with Gasteiger partial charge in [0.15, 0.2) is 5.13 Å². The molecule has 7 heteroatoms. The van der Waals surface area contributed by atoms with Crippen LogP contribution in [0.1, 0.15) is 36.0 Å². The summed E-state index contributed by atoms with van der Waals surface area (Å²) in [5, 5.41) is 4.01. The molecule has 1 aliphatic heterocycles. The number of ether oxygens (including phenoxy) is 2. The summed E-state index contributed by atoms with van der Waals surface area (Å²) in [5.41, 5.74) is 2.34. The highest BCUT2D eigenvalue weighted by Crippen LogP contribution is 2.31. The molecule has 1 N–H and O–H groups in total. The number of hydrogen-bond acceptors (Lipinski definition) is 6. The van der Waals surface area contributed by atoms with E-state index in [1.807, 2.05) is 42.5 Å². The van der Waals surface area contributed by atoms with Gasteiger partial charge in [0.1, 0.15) is 5.75 Å². The second-order valence-corrected chi connectivity index (χ2v) is 8.79. The molecule has 2 fully saturated rings. The van der Waals surface area contributed by atoms with E-state index in [0.717, 1.165) is 65.9 Å². The molecule has 0 spiro atoms. The number of benzene rings is 2. The number of hydrogen-bond donors (Lipinski definition) is 1. The quantitative estimate of drug-likeness (QED) is 0.644. The van der Waals surface area contributed by atoms with E-state index < -0.39 is 0 Å². The third-order valence-corrected chi connectivity index (χ3v) is 6.72. The first kappa shape index (κ1) is 19.3. The van der Waals surface area contributed by atoms with Crippen LogP contribution in [0.5, 0.6) is 5.75 Å². The number of anilines is 2. The maximum absolute atomic E-state index is 12.7. The van der Waals surface area contributed by atoms with E-state index in [9.17, 15) is 4.79 Å². The van der Waals surface area contributed by atoms with Gasteiger partial charge in [-0.05, 0) is 68.1 Å². The first-order chi connectivity index (χ1) is 14.7. The third-order valence-electron chi connectivity index (χ3n) is 5.64. The Morgan fingerprint density at radius 3 is 2.63 bits per heavy atom. The van der Waals surface area contributed by atoms with Gasteiger partial charge in [0.05, 0.1) is 29.5 Å². The minimum atomic E-state index is -0.125. The number of thiazole rings is 1. The van der Waals surface area contributed by atoms with Crippen LogP contribution >= 0.6 is 11.3 Å². The third kappa shape index (κ3) is 4.27. The highest BCUT2D eigenvalue weighted by atomic mass is 32.1. The summed E-state index contributed by atoms with van der Waals surface area (Å²) in [5.74, 6) is 0.708. The number of rotatable bonds is 5. The Morgan fingerprint density at radius 1 is 1.10 bits per heavy atom. The minimum Gasteiger partial charge on any atom is -0.490 e. The largest absolute Gasteiger partial charge is 0.490 e. The topological polar surface area (TPSA) is 63.7 Å². The molecule has 1 saturated heterocycles. The van der Waals surface area contributed by atoms with Crippen LogP contribution in [0, 0.1) is 0 Å². The van der Waals surface area contributed by atoms with E-state index >= 15 is 0 Å². The smallest absolute Gasteiger partial charge is 0.255 e. The van der Waals surface area contributed by atoms with Crippen molar-refractivity contribution >= 4 is 38.3 Å². The van der Waals surface area contributed by atoms with Crippen LogP contribution in [-0.4, -0.2) is 43.3 Å². The number of aromatic nitrogens is 1. The summed E-state index contributed by atoms with van der Waals surface area (Å²) < 4.78 is 12.5. The number of carbonyl (C=O) groups is 1. The average Bonchev–Trinajstić information content (AvgIpc) is 3.44. The lowest BCUT2D eigenvalue weighted by Crippen LogP contribution is -2.36. The van der Waals surface area contributed by atoms with Gasteiger partial charge in [-0.25, -0.2) is 4.98 Å². The molecule has 5 rings (SSSR count). The zero-order valence-corrected chi connectivity index (χ0v) is 17.6. The summed E-state index contributed by atoms with van der Waals surface area (Å²) in [4.78, 5) is 19.7. The van der Waals surface area contributed by atoms with Gasteiger partial charge in [0.25, 0.3) is 5.91 Å². The summed E-state index contributed by atoms with van der Waals surface area (Å²) in [6.07, 6.45) is 5.04. The van der Waals surface area contributed by atoms with E-state index in [2.05, 4.69) is 10.2 Å². The van der Waals surface area contributed by atoms with Crippen molar-refractivity contribution < 1.29 is 14.3 Å². The molecule has 156 valence electrons. The molecule has 1 saturated carbocycles. The lowest BCUT2D eigenvalue weighted by atomic mass is 10.2. The van der Waals surface area contributed by atoms with Crippen molar-refractivity contribution in [2.75, 3.05) is 36.5 Å². The van der Waals surface area contributed by atoms with Gasteiger partial charge < -0.3 is 19.7 Å². The van der Waals surface area contributed by atoms with Crippen LogP contribution in [0.4, 0.5) is 10.8 Å². The van der Waals surface area contributed by atoms with Gasteiger partial charge in [-0.2, -0.15) is 0 Å². The van der Waals surface area contributed by atoms with Gasteiger partial charge >= 0.3 is 0 Å². The van der Waals surface area contributed by atoms with Gasteiger partial charge in [-0.15, -0.1) is 0 Å². The average molecular weight is 424 g/mol. The Labute approximate surface area is 179 Å². The fraction of sp³-hybridized carbons (Fsp3) is 0.391. The van der Waals surface area contributed by atoms with E-state index in [1.54, 1.807) is 11.3 Å². The van der Waals surface area contributed by atoms with Gasteiger partial charge in [0.2, 0.25) is 0 Å². The fourth-order valence-corrected chi connectivity index (χ4v) is 5.02. The number of fused-ring (bicyclic) bond motifs is 1. The van der Waals surface area contributed by atoms with E-state index in [-0.39, 0.29) is 5.91 Å². The van der Waals surface area contributed by atoms with Gasteiger partial charge in [0, 0.05) is 24.3 Å². The zero-order chi connectivity index (χ0) is 20.3. The Bertz CT molecular complexity index is 1020. The molecular weight excluding hydrogens is 398 g/mol. The molecule has 30 heavy (non-hydrogen) atoms. The molecule has 2 aliphatic rings. The molecule has 3 aromatic rings. The molecule has 1 aromatic heterocycles. The van der Waals surface area contributed by atoms with Crippen LogP contribution < -0.4 is 15.0 Å². The van der Waals surface area contributed by atoms with Crippen molar-refractivity contribution in [1.29, 1.82) is 0 Å². The molecule has 6 nitrogen and oxygen atoms in total. The van der Waals surface area contributed by atoms with Crippen LogP contribution in [0.15, 0.2) is 42.5 Å². The highest BCUT2D eigenvalue weighted by Gasteiger charge is 2.17. The fourth-order valence-electron chi connectivity index (χ4n) is 3.97. The van der Waals surface area contributed by atoms with Crippen molar-refractivity contribution in [2.24, 2.45) is 0 Å². The molecule has 2 heterocycles. The Kier molecular flexibility index (Phi) is 5.55. The summed E-state index contributed by atoms with van der Waals surface area (Å²) in [6.45, 7) is 3.21. The molecule has 1 aliphatic carbocycles. The molecule has 0 unspecified atom stereocenters. The number of nitrogens with zero attached hydrogens (tertiary/aromatic N) is 2. The van der Waals surface area contributed by atoms with Gasteiger partial charge in [-0.1, -0.05) is 11.3 Å². The highest BCUT2D eigenvalue weighted by molar-refractivity contribution is 7.22. The molecular formula is C23H25N3O3S. The molecule has 0 bridgehead atoms. The van der Waals surface area contributed by atoms with E-state index in [1.165, 1.54) is 12.8 Å². The monoisotopic (exact) mass is 423 g/mol. The zero-order valence-electron chi connectivity index (χ0n) is 16.8. The Hall–Kier alpha value is -2.64. The first-order valence-electron chi connectivity index (χ1n) is 10.6. The van der Waals surface area contributed by atoms with Crippen molar-refractivity contribution in [3.05, 3.63) is 48.0 Å². The van der Waals surface area contributed by atoms with Crippen LogP contribution in [0.25, 0.3) is 10.2 Å². The summed E-state index contributed by atoms with van der Waals surface area (Å²) in [6, 6.07) is 13.3. The second-order valence-electron chi connectivity index (χ2n) is 7.78.